The summed E-state index contributed by atoms with van der Waals surface area (Å²) in [6, 6.07) is 1.38. The summed E-state index contributed by atoms with van der Waals surface area (Å²) in [5.41, 5.74) is 0. The fourth-order valence-electron chi connectivity index (χ4n) is 1.49. The van der Waals surface area contributed by atoms with E-state index in [1.165, 1.54) is 26.0 Å². The largest absolute Gasteiger partial charge is 0.349 e. The highest BCUT2D eigenvalue weighted by Gasteiger charge is 2.11. The molecule has 0 aromatic rings. The van der Waals surface area contributed by atoms with Crippen molar-refractivity contribution in [3.05, 3.63) is 0 Å². The molecule has 1 aliphatic rings. The Balaban J connectivity index is 2.06. The Morgan fingerprint density at radius 1 is 1.46 bits per heavy atom. The molecule has 0 aromatic heterocycles. The van der Waals surface area contributed by atoms with E-state index in [-0.39, 0.29) is 16.5 Å². The van der Waals surface area contributed by atoms with Crippen molar-refractivity contribution < 1.29 is 14.5 Å². The van der Waals surface area contributed by atoms with Crippen molar-refractivity contribution >= 4 is 9.68 Å². The van der Waals surface area contributed by atoms with Crippen molar-refractivity contribution in [1.29, 1.82) is 0 Å². The quantitative estimate of drug-likeness (QED) is 0.234. The number of hydrogen-bond donors (Lipinski definition) is 1. The van der Waals surface area contributed by atoms with E-state index in [4.69, 9.17) is 4.74 Å². The third-order valence-electron chi connectivity index (χ3n) is 2.24. The standard InChI is InChI=1S/C8H19NO3Si/c1-10-12-7-11-8-3-2-6-13-9-5-4-8/h8-9H,2-7,13H2,1H3. The fourth-order valence-corrected chi connectivity index (χ4v) is 2.74. The maximum Gasteiger partial charge on any atom is 0.181 e. The molecule has 78 valence electrons. The molecule has 1 heterocycles. The number of nitrogens with one attached hydrogen (secondary N) is 1. The first-order valence-corrected chi connectivity index (χ1v) is 6.62. The van der Waals surface area contributed by atoms with Crippen LogP contribution in [0.15, 0.2) is 0 Å². The molecule has 0 aromatic carbocycles. The molecule has 1 aliphatic heterocycles. The highest BCUT2D eigenvalue weighted by atomic mass is 28.2. The van der Waals surface area contributed by atoms with Crippen LogP contribution in [0.1, 0.15) is 19.3 Å². The van der Waals surface area contributed by atoms with Crippen LogP contribution in [0.4, 0.5) is 0 Å². The van der Waals surface area contributed by atoms with Crippen LogP contribution in [0, 0.1) is 0 Å². The molecule has 0 amide bonds. The molecule has 1 unspecified atom stereocenters. The van der Waals surface area contributed by atoms with Gasteiger partial charge >= 0.3 is 0 Å². The molecule has 1 fully saturated rings. The van der Waals surface area contributed by atoms with Crippen molar-refractivity contribution in [2.75, 3.05) is 20.4 Å². The summed E-state index contributed by atoms with van der Waals surface area (Å²) in [5, 5.41) is 0. The molecule has 0 aliphatic carbocycles. The molecule has 1 atom stereocenters. The van der Waals surface area contributed by atoms with Gasteiger partial charge in [-0.1, -0.05) is 6.42 Å². The summed E-state index contributed by atoms with van der Waals surface area (Å²) in [6.45, 7) is 1.35. The fraction of sp³-hybridized carbons (Fsp3) is 1.00. The van der Waals surface area contributed by atoms with Gasteiger partial charge in [-0.05, 0) is 25.4 Å². The second kappa shape index (κ2) is 7.46. The van der Waals surface area contributed by atoms with Gasteiger partial charge in [0.25, 0.3) is 0 Å². The Bertz CT molecular complexity index is 118. The highest BCUT2D eigenvalue weighted by molar-refractivity contribution is 6.32. The van der Waals surface area contributed by atoms with Crippen molar-refractivity contribution in [2.45, 2.75) is 31.4 Å². The van der Waals surface area contributed by atoms with E-state index >= 15 is 0 Å². The smallest absolute Gasteiger partial charge is 0.181 e. The number of ether oxygens (including phenoxy) is 1. The molecule has 1 N–H and O–H groups in total. The van der Waals surface area contributed by atoms with Gasteiger partial charge in [0.05, 0.1) is 22.9 Å². The zero-order valence-electron chi connectivity index (χ0n) is 8.25. The van der Waals surface area contributed by atoms with E-state index in [0.717, 1.165) is 13.0 Å². The van der Waals surface area contributed by atoms with E-state index in [1.54, 1.807) is 0 Å². The lowest BCUT2D eigenvalue weighted by Crippen LogP contribution is -2.28. The van der Waals surface area contributed by atoms with Gasteiger partial charge in [0, 0.05) is 0 Å². The summed E-state index contributed by atoms with van der Waals surface area (Å²) in [4.78, 5) is 12.6. The van der Waals surface area contributed by atoms with Crippen LogP contribution in [0.5, 0.6) is 0 Å². The average Bonchev–Trinajstić information content (AvgIpc) is 2.08. The van der Waals surface area contributed by atoms with Gasteiger partial charge in [0.1, 0.15) is 0 Å². The first kappa shape index (κ1) is 11.1. The summed E-state index contributed by atoms with van der Waals surface area (Å²) >= 11 is 0. The molecular weight excluding hydrogens is 186 g/mol. The van der Waals surface area contributed by atoms with Gasteiger partial charge in [-0.15, -0.1) is 0 Å². The van der Waals surface area contributed by atoms with Gasteiger partial charge in [-0.2, -0.15) is 0 Å². The molecule has 1 rings (SSSR count). The zero-order valence-corrected chi connectivity index (χ0v) is 9.67. The number of hydrogen-bond acceptors (Lipinski definition) is 4. The second-order valence-corrected chi connectivity index (χ2v) is 4.93. The van der Waals surface area contributed by atoms with Crippen molar-refractivity contribution in [3.63, 3.8) is 0 Å². The first-order valence-electron chi connectivity index (χ1n) is 4.91. The third kappa shape index (κ3) is 5.38. The predicted octanol–water partition coefficient (Wildman–Crippen LogP) is 0.183. The Hall–Kier alpha value is 0.0569. The van der Waals surface area contributed by atoms with Crippen LogP contribution >= 0.6 is 0 Å². The minimum Gasteiger partial charge on any atom is -0.349 e. The normalized spacial score (nSPS) is 27.0. The lowest BCUT2D eigenvalue weighted by molar-refractivity contribution is -0.325. The first-order chi connectivity index (χ1) is 6.43. The Morgan fingerprint density at radius 3 is 3.23 bits per heavy atom. The van der Waals surface area contributed by atoms with E-state index in [2.05, 4.69) is 14.8 Å². The minimum atomic E-state index is 0.0438. The Morgan fingerprint density at radius 2 is 2.38 bits per heavy atom. The van der Waals surface area contributed by atoms with Crippen molar-refractivity contribution in [1.82, 2.24) is 4.98 Å². The molecule has 0 bridgehead atoms. The van der Waals surface area contributed by atoms with Crippen LogP contribution in [-0.4, -0.2) is 36.2 Å². The third-order valence-corrected chi connectivity index (χ3v) is 3.80. The molecule has 4 nitrogen and oxygen atoms in total. The van der Waals surface area contributed by atoms with Gasteiger partial charge in [0.2, 0.25) is 0 Å². The lowest BCUT2D eigenvalue weighted by atomic mass is 10.1. The predicted molar refractivity (Wildman–Crippen MR) is 53.0 cm³/mol. The Kier molecular flexibility index (Phi) is 6.39. The maximum atomic E-state index is 5.49. The van der Waals surface area contributed by atoms with Crippen LogP contribution < -0.4 is 4.98 Å². The minimum absolute atomic E-state index is 0.0438. The molecule has 13 heavy (non-hydrogen) atoms. The average molecular weight is 205 g/mol. The summed E-state index contributed by atoms with van der Waals surface area (Å²) < 4.78 is 5.49. The highest BCUT2D eigenvalue weighted by Crippen LogP contribution is 2.10. The van der Waals surface area contributed by atoms with E-state index in [0.29, 0.717) is 6.10 Å². The topological polar surface area (TPSA) is 39.7 Å². The van der Waals surface area contributed by atoms with Crippen LogP contribution in [0.3, 0.4) is 0 Å². The van der Waals surface area contributed by atoms with E-state index in [9.17, 15) is 0 Å². The van der Waals surface area contributed by atoms with Gasteiger partial charge in [-0.25, -0.2) is 9.78 Å². The molecule has 0 radical (unpaired) electrons. The Labute approximate surface area is 81.8 Å². The molecular formula is C8H19NO3Si. The lowest BCUT2D eigenvalue weighted by Gasteiger charge is -2.19. The summed E-state index contributed by atoms with van der Waals surface area (Å²) in [7, 11) is 1.54. The number of rotatable bonds is 4. The van der Waals surface area contributed by atoms with Crippen LogP contribution in [-0.2, 0) is 14.5 Å². The summed E-state index contributed by atoms with van der Waals surface area (Å²) in [6.07, 6.45) is 3.90. The van der Waals surface area contributed by atoms with Crippen LogP contribution in [0.2, 0.25) is 6.04 Å². The van der Waals surface area contributed by atoms with E-state index in [1.807, 2.05) is 0 Å². The van der Waals surface area contributed by atoms with Crippen molar-refractivity contribution in [3.8, 4) is 0 Å². The van der Waals surface area contributed by atoms with Gasteiger partial charge < -0.3 is 9.72 Å². The van der Waals surface area contributed by atoms with Crippen LogP contribution in [0.25, 0.3) is 0 Å². The molecule has 0 saturated carbocycles. The van der Waals surface area contributed by atoms with E-state index < -0.39 is 0 Å². The SMILES string of the molecule is COOCOC1CCC[SiH2]NCC1. The van der Waals surface area contributed by atoms with Gasteiger partial charge in [0.15, 0.2) is 6.79 Å². The molecule has 1 saturated heterocycles. The second-order valence-electron chi connectivity index (χ2n) is 3.23. The van der Waals surface area contributed by atoms with Gasteiger partial charge in [-0.3, -0.25) is 0 Å². The zero-order chi connectivity index (χ0) is 9.36. The molecule has 0 spiro atoms. The molecule has 5 heteroatoms. The van der Waals surface area contributed by atoms with Crippen molar-refractivity contribution in [2.24, 2.45) is 0 Å². The monoisotopic (exact) mass is 205 g/mol. The summed E-state index contributed by atoms with van der Waals surface area (Å²) in [5.74, 6) is 0. The maximum absolute atomic E-state index is 5.49.